The fourth-order valence-electron chi connectivity index (χ4n) is 10.9. The van der Waals surface area contributed by atoms with Crippen LogP contribution in [0.4, 0.5) is 0 Å². The third-order valence-corrected chi connectivity index (χ3v) is 17.7. The van der Waals surface area contributed by atoms with E-state index in [-0.39, 0.29) is 25.1 Å². The topological polar surface area (TPSA) is 111 Å². The Morgan fingerprint density at radius 3 is 1.09 bits per heavy atom. The van der Waals surface area contributed by atoms with Crippen LogP contribution >= 0.6 is 7.82 Å². The van der Waals surface area contributed by atoms with Gasteiger partial charge in [0.15, 0.2) is 0 Å². The molecule has 0 fully saturated rings. The number of phosphoric ester groups is 1. The van der Waals surface area contributed by atoms with Crippen molar-refractivity contribution in [1.29, 1.82) is 0 Å². The first-order valence-corrected chi connectivity index (χ1v) is 38.6. The monoisotopic (exact) mass is 1230 g/mol. The Kier molecular flexibility index (Phi) is 63.9. The fraction of sp³-hybridized carbons (Fsp3) is 0.842. The molecule has 0 saturated heterocycles. The Morgan fingerprint density at radius 2 is 0.709 bits per heavy atom. The van der Waals surface area contributed by atoms with Gasteiger partial charge in [0.1, 0.15) is 19.3 Å². The van der Waals surface area contributed by atoms with Gasteiger partial charge in [-0.25, -0.2) is 4.57 Å². The highest BCUT2D eigenvalue weighted by Crippen LogP contribution is 2.43. The predicted molar refractivity (Wildman–Crippen MR) is 374 cm³/mol. The molecule has 0 saturated carbocycles. The number of amides is 1. The molecule has 0 aromatic heterocycles. The van der Waals surface area contributed by atoms with Crippen LogP contribution in [0.15, 0.2) is 60.8 Å². The highest BCUT2D eigenvalue weighted by atomic mass is 31.2. The number of phosphoric acid groups is 1. The number of nitrogens with zero attached hydrogens (tertiary/aromatic N) is 1. The summed E-state index contributed by atoms with van der Waals surface area (Å²) in [5.74, 6) is -0.499. The maximum absolute atomic E-state index is 13.6. The molecule has 0 heterocycles. The molecule has 10 heteroatoms. The van der Waals surface area contributed by atoms with Gasteiger partial charge in [0.05, 0.1) is 33.8 Å². The van der Waals surface area contributed by atoms with E-state index in [0.717, 1.165) is 83.5 Å². The zero-order valence-corrected chi connectivity index (χ0v) is 58.7. The second-order valence-electron chi connectivity index (χ2n) is 26.5. The summed E-state index contributed by atoms with van der Waals surface area (Å²) in [6, 6.07) is -0.853. The van der Waals surface area contributed by atoms with Crippen molar-refractivity contribution >= 4 is 19.7 Å². The van der Waals surface area contributed by atoms with Crippen LogP contribution in [0.3, 0.4) is 0 Å². The molecule has 0 aliphatic carbocycles. The minimum atomic E-state index is -4.46. The van der Waals surface area contributed by atoms with Crippen molar-refractivity contribution in [3.8, 4) is 0 Å². The number of ether oxygens (including phenoxy) is 1. The lowest BCUT2D eigenvalue weighted by molar-refractivity contribution is -0.870. The van der Waals surface area contributed by atoms with Crippen LogP contribution in [0, 0.1) is 0 Å². The summed E-state index contributed by atoms with van der Waals surface area (Å²) < 4.78 is 30.9. The smallest absolute Gasteiger partial charge is 0.456 e. The van der Waals surface area contributed by atoms with Gasteiger partial charge in [0.2, 0.25) is 5.91 Å². The van der Waals surface area contributed by atoms with Crippen molar-refractivity contribution in [3.63, 3.8) is 0 Å². The summed E-state index contributed by atoms with van der Waals surface area (Å²) in [5, 5.41) is 3.07. The van der Waals surface area contributed by atoms with E-state index in [4.69, 9.17) is 13.8 Å². The molecule has 0 rings (SSSR count). The van der Waals surface area contributed by atoms with Gasteiger partial charge in [-0.1, -0.05) is 313 Å². The molecule has 0 bridgehead atoms. The van der Waals surface area contributed by atoms with Crippen LogP contribution in [0.2, 0.25) is 0 Å². The summed E-state index contributed by atoms with van der Waals surface area (Å²) in [4.78, 5) is 37.9. The van der Waals surface area contributed by atoms with Crippen LogP contribution < -0.4 is 5.32 Å². The van der Waals surface area contributed by atoms with E-state index < -0.39 is 20.0 Å². The molecule has 1 amide bonds. The van der Waals surface area contributed by atoms with Crippen LogP contribution in [0.1, 0.15) is 361 Å². The van der Waals surface area contributed by atoms with Crippen molar-refractivity contribution in [3.05, 3.63) is 60.8 Å². The standard InChI is InChI=1S/C76H143N2O7P/c1-7-10-13-16-19-22-25-28-30-32-34-36-37-38-39-40-41-43-45-47-49-51-54-57-60-63-66-69-76(80)85-74(67-64-61-58-55-52-27-24-21-18-15-12-9-3)73(72-84-86(81,82)83-71-70-78(4,5)6)77-75(79)68-65-62-59-56-53-50-48-46-44-42-35-33-31-29-26-23-20-17-14-11-8-2/h20,23,28-31,35,42,64,67,73-74H,7-19,21-22,24-27,32-34,36-41,43-63,65-66,68-72H2,1-6H3,(H-,77,79,81,82)/p+1/b23-20-,30-28+,31-29-,42-35-,67-64-. The van der Waals surface area contributed by atoms with Gasteiger partial charge in [-0.05, 0) is 96.0 Å². The Morgan fingerprint density at radius 1 is 0.407 bits per heavy atom. The number of carbonyl (C=O) groups excluding carboxylic acids is 2. The average molecular weight is 1230 g/mol. The molecule has 3 unspecified atom stereocenters. The number of allylic oxidation sites excluding steroid dienone is 9. The van der Waals surface area contributed by atoms with Gasteiger partial charge < -0.3 is 19.4 Å². The summed E-state index contributed by atoms with van der Waals surface area (Å²) >= 11 is 0. The number of unbranched alkanes of at least 4 members (excludes halogenated alkanes) is 44. The molecule has 0 aromatic rings. The Balaban J connectivity index is 4.99. The number of rotatable bonds is 68. The molecule has 0 aliphatic heterocycles. The fourth-order valence-corrected chi connectivity index (χ4v) is 11.7. The molecule has 0 aromatic carbocycles. The van der Waals surface area contributed by atoms with E-state index in [1.807, 2.05) is 33.3 Å². The van der Waals surface area contributed by atoms with Crippen LogP contribution in [-0.4, -0.2) is 74.3 Å². The van der Waals surface area contributed by atoms with Crippen molar-refractivity contribution in [2.75, 3.05) is 40.9 Å². The molecule has 9 nitrogen and oxygen atoms in total. The van der Waals surface area contributed by atoms with Crippen LogP contribution in [0.5, 0.6) is 0 Å². The number of hydrogen-bond acceptors (Lipinski definition) is 6. The first-order valence-electron chi connectivity index (χ1n) is 37.1. The Labute approximate surface area is 534 Å². The maximum Gasteiger partial charge on any atom is 0.472 e. The van der Waals surface area contributed by atoms with Gasteiger partial charge in [-0.2, -0.15) is 0 Å². The van der Waals surface area contributed by atoms with Gasteiger partial charge >= 0.3 is 13.8 Å². The molecule has 504 valence electrons. The molecule has 86 heavy (non-hydrogen) atoms. The Bertz CT molecular complexity index is 1650. The number of esters is 1. The van der Waals surface area contributed by atoms with E-state index in [0.29, 0.717) is 23.9 Å². The van der Waals surface area contributed by atoms with E-state index in [2.05, 4.69) is 74.7 Å². The predicted octanol–water partition coefficient (Wildman–Crippen LogP) is 23.7. The molecule has 0 radical (unpaired) electrons. The first kappa shape index (κ1) is 83.7. The lowest BCUT2D eigenvalue weighted by Gasteiger charge is -2.27. The number of carbonyl (C=O) groups is 2. The van der Waals surface area contributed by atoms with Gasteiger partial charge in [0.25, 0.3) is 0 Å². The quantitative estimate of drug-likeness (QED) is 0.0205. The second-order valence-corrected chi connectivity index (χ2v) is 27.9. The van der Waals surface area contributed by atoms with E-state index in [9.17, 15) is 19.0 Å². The minimum absolute atomic E-state index is 0.0389. The third-order valence-electron chi connectivity index (χ3n) is 16.7. The van der Waals surface area contributed by atoms with Crippen molar-refractivity contribution in [2.24, 2.45) is 0 Å². The second kappa shape index (κ2) is 65.7. The van der Waals surface area contributed by atoms with E-state index in [1.165, 1.54) is 244 Å². The van der Waals surface area contributed by atoms with Gasteiger partial charge in [-0.15, -0.1) is 0 Å². The summed E-state index contributed by atoms with van der Waals surface area (Å²) in [6.45, 7) is 7.02. The number of likely N-dealkylation sites (N-methyl/N-ethyl adjacent to an activating group) is 1. The third kappa shape index (κ3) is 66.1. The highest BCUT2D eigenvalue weighted by molar-refractivity contribution is 7.47. The minimum Gasteiger partial charge on any atom is -0.456 e. The molecular formula is C76H144N2O7P+. The number of nitrogens with one attached hydrogen (secondary N) is 1. The summed E-state index contributed by atoms with van der Waals surface area (Å²) in [6.07, 6.45) is 85.3. The number of quaternary nitrogens is 1. The molecule has 2 N–H and O–H groups in total. The zero-order chi connectivity index (χ0) is 62.8. The largest absolute Gasteiger partial charge is 0.472 e. The zero-order valence-electron chi connectivity index (χ0n) is 57.8. The summed E-state index contributed by atoms with van der Waals surface area (Å²) in [5.41, 5.74) is 0. The van der Waals surface area contributed by atoms with Gasteiger partial charge in [0, 0.05) is 12.8 Å². The normalized spacial score (nSPS) is 13.8. The Hall–Kier alpha value is -2.29. The lowest BCUT2D eigenvalue weighted by Crippen LogP contribution is -2.47. The SMILES string of the molecule is CCCCC/C=C\C/C=C\C/C=C\CCCCCCCCCCC(=O)NC(COP(=O)(O)OCC[N+](C)(C)C)C(/C=C\CCCCCCCCCCCC)OC(=O)CCCCCCCCCCCCCCCCCCC/C=C/CCCCCCCC. The van der Waals surface area contributed by atoms with Gasteiger partial charge in [-0.3, -0.25) is 18.6 Å². The average Bonchev–Trinajstić information content (AvgIpc) is 3.66. The summed E-state index contributed by atoms with van der Waals surface area (Å²) in [7, 11) is 1.50. The molecule has 0 spiro atoms. The van der Waals surface area contributed by atoms with Crippen molar-refractivity contribution < 1.29 is 37.3 Å². The highest BCUT2D eigenvalue weighted by Gasteiger charge is 2.30. The molecule has 3 atom stereocenters. The molecular weight excluding hydrogens is 1080 g/mol. The van der Waals surface area contributed by atoms with Crippen LogP contribution in [0.25, 0.3) is 0 Å². The molecule has 0 aliphatic rings. The van der Waals surface area contributed by atoms with E-state index >= 15 is 0 Å². The van der Waals surface area contributed by atoms with Crippen LogP contribution in [-0.2, 0) is 27.9 Å². The first-order chi connectivity index (χ1) is 41.9. The van der Waals surface area contributed by atoms with Crippen molar-refractivity contribution in [2.45, 2.75) is 373 Å². The van der Waals surface area contributed by atoms with Crippen molar-refractivity contribution in [1.82, 2.24) is 5.32 Å². The maximum atomic E-state index is 13.6. The lowest BCUT2D eigenvalue weighted by atomic mass is 10.0. The van der Waals surface area contributed by atoms with E-state index in [1.54, 1.807) is 0 Å². The number of hydrogen-bond donors (Lipinski definition) is 2.